The van der Waals surface area contributed by atoms with E-state index < -0.39 is 66.9 Å². The fraction of sp³-hybridized carbons (Fsp3) is 0.737. The van der Waals surface area contributed by atoms with Crippen LogP contribution in [0.25, 0.3) is 0 Å². The molecule has 1 rings (SSSR count). The number of rotatable bonds is 14. The molecule has 13 nitrogen and oxygen atoms in total. The highest BCUT2D eigenvalue weighted by atomic mass is 16.4. The van der Waals surface area contributed by atoms with Crippen LogP contribution in [0.4, 0.5) is 0 Å². The number of carbonyl (C=O) groups is 5. The number of amides is 3. The maximum absolute atomic E-state index is 12.8. The van der Waals surface area contributed by atoms with Gasteiger partial charge in [0.25, 0.3) is 0 Å². The molecule has 3 amide bonds. The van der Waals surface area contributed by atoms with E-state index in [4.69, 9.17) is 21.7 Å². The number of carboxylic acid groups (broad SMARTS) is 2. The molecule has 1 aliphatic heterocycles. The van der Waals surface area contributed by atoms with E-state index in [0.717, 1.165) is 0 Å². The molecule has 0 aromatic heterocycles. The van der Waals surface area contributed by atoms with E-state index in [1.807, 2.05) is 0 Å². The average Bonchev–Trinajstić information content (AvgIpc) is 3.24. The van der Waals surface area contributed by atoms with Crippen molar-refractivity contribution >= 4 is 29.7 Å². The summed E-state index contributed by atoms with van der Waals surface area (Å²) >= 11 is 0. The smallest absolute Gasteiger partial charge is 0.326 e. The Balaban J connectivity index is 2.89. The third kappa shape index (κ3) is 8.40. The lowest BCUT2D eigenvalue weighted by Crippen LogP contribution is -2.57. The molecule has 0 aromatic rings. The van der Waals surface area contributed by atoms with Crippen molar-refractivity contribution in [2.24, 2.45) is 11.5 Å². The Morgan fingerprint density at radius 3 is 2.28 bits per heavy atom. The molecular weight excluding hydrogens is 426 g/mol. The summed E-state index contributed by atoms with van der Waals surface area (Å²) in [5.41, 5.74) is 11.0. The van der Waals surface area contributed by atoms with Crippen molar-refractivity contribution in [1.29, 1.82) is 0 Å². The third-order valence-electron chi connectivity index (χ3n) is 5.19. The number of hydrogen-bond acceptors (Lipinski definition) is 8. The molecule has 32 heavy (non-hydrogen) atoms. The fourth-order valence-electron chi connectivity index (χ4n) is 3.42. The summed E-state index contributed by atoms with van der Waals surface area (Å²) in [4.78, 5) is 61.4. The van der Waals surface area contributed by atoms with Crippen LogP contribution >= 0.6 is 0 Å². The van der Waals surface area contributed by atoms with Gasteiger partial charge < -0.3 is 42.3 Å². The highest BCUT2D eigenvalue weighted by molar-refractivity contribution is 5.94. The van der Waals surface area contributed by atoms with Gasteiger partial charge in [0, 0.05) is 13.0 Å². The van der Waals surface area contributed by atoms with Crippen molar-refractivity contribution in [3.8, 4) is 0 Å². The second kappa shape index (κ2) is 13.6. The SMILES string of the molecule is NCCCCC(NC(=O)C(CCC(=O)O)NC(=O)C1CCCN1C(=O)C(N)CO)C(=O)O. The first-order valence-electron chi connectivity index (χ1n) is 10.5. The van der Waals surface area contributed by atoms with E-state index in [0.29, 0.717) is 32.2 Å². The maximum atomic E-state index is 12.8. The van der Waals surface area contributed by atoms with E-state index in [9.17, 15) is 29.1 Å². The number of nitrogens with zero attached hydrogens (tertiary/aromatic N) is 1. The monoisotopic (exact) mass is 459 g/mol. The van der Waals surface area contributed by atoms with Crippen LogP contribution in [0.15, 0.2) is 0 Å². The van der Waals surface area contributed by atoms with Crippen molar-refractivity contribution < 1.29 is 39.3 Å². The quantitative estimate of drug-likeness (QED) is 0.133. The first kappa shape index (κ1) is 27.3. The predicted octanol–water partition coefficient (Wildman–Crippen LogP) is -2.65. The normalized spacial score (nSPS) is 18.5. The van der Waals surface area contributed by atoms with Crippen LogP contribution in [-0.2, 0) is 24.0 Å². The van der Waals surface area contributed by atoms with Gasteiger partial charge in [-0.25, -0.2) is 4.79 Å². The van der Waals surface area contributed by atoms with Gasteiger partial charge in [0.2, 0.25) is 17.7 Å². The largest absolute Gasteiger partial charge is 0.481 e. The van der Waals surface area contributed by atoms with Gasteiger partial charge in [-0.3, -0.25) is 19.2 Å². The molecule has 9 N–H and O–H groups in total. The first-order chi connectivity index (χ1) is 15.1. The minimum atomic E-state index is -1.31. The first-order valence-corrected chi connectivity index (χ1v) is 10.5. The van der Waals surface area contributed by atoms with E-state index in [-0.39, 0.29) is 19.4 Å². The topological polar surface area (TPSA) is 225 Å². The number of aliphatic hydroxyl groups excluding tert-OH is 1. The molecule has 1 heterocycles. The lowest BCUT2D eigenvalue weighted by atomic mass is 10.1. The molecule has 0 aromatic carbocycles. The number of carboxylic acids is 2. The molecule has 0 spiro atoms. The van der Waals surface area contributed by atoms with Crippen LogP contribution in [0.1, 0.15) is 44.9 Å². The van der Waals surface area contributed by atoms with Crippen molar-refractivity contribution in [3.05, 3.63) is 0 Å². The van der Waals surface area contributed by atoms with Gasteiger partial charge in [0.1, 0.15) is 24.2 Å². The zero-order chi connectivity index (χ0) is 24.3. The zero-order valence-corrected chi connectivity index (χ0v) is 17.9. The van der Waals surface area contributed by atoms with E-state index in [1.54, 1.807) is 0 Å². The molecule has 4 unspecified atom stereocenters. The van der Waals surface area contributed by atoms with Crippen LogP contribution in [0.3, 0.4) is 0 Å². The van der Waals surface area contributed by atoms with Crippen LogP contribution < -0.4 is 22.1 Å². The van der Waals surface area contributed by atoms with Crippen molar-refractivity contribution in [2.75, 3.05) is 19.7 Å². The number of likely N-dealkylation sites (tertiary alicyclic amines) is 1. The summed E-state index contributed by atoms with van der Waals surface area (Å²) in [7, 11) is 0. The molecular formula is C19H33N5O8. The van der Waals surface area contributed by atoms with Crippen LogP contribution in [0.5, 0.6) is 0 Å². The number of aliphatic carboxylic acids is 2. The second-order valence-corrected chi connectivity index (χ2v) is 7.66. The highest BCUT2D eigenvalue weighted by Crippen LogP contribution is 2.19. The van der Waals surface area contributed by atoms with Crippen LogP contribution in [0, 0.1) is 0 Å². The Hall–Kier alpha value is -2.77. The van der Waals surface area contributed by atoms with Gasteiger partial charge in [-0.05, 0) is 45.1 Å². The number of carbonyl (C=O) groups excluding carboxylic acids is 3. The standard InChI is InChI=1S/C19H33N5O8/c20-8-2-1-4-13(19(31)32)23-16(28)12(6-7-15(26)27)22-17(29)14-5-3-9-24(14)18(30)11(21)10-25/h11-14,25H,1-10,20-21H2,(H,22,29)(H,23,28)(H,26,27)(H,31,32). The summed E-state index contributed by atoms with van der Waals surface area (Å²) in [6.07, 6.45) is 1.27. The van der Waals surface area contributed by atoms with E-state index >= 15 is 0 Å². The summed E-state index contributed by atoms with van der Waals surface area (Å²) in [6, 6.07) is -4.64. The molecule has 0 aliphatic carbocycles. The van der Waals surface area contributed by atoms with Gasteiger partial charge >= 0.3 is 11.9 Å². The summed E-state index contributed by atoms with van der Waals surface area (Å²) in [5.74, 6) is -4.57. The third-order valence-corrected chi connectivity index (χ3v) is 5.19. The molecule has 1 saturated heterocycles. The van der Waals surface area contributed by atoms with Crippen molar-refractivity contribution in [3.63, 3.8) is 0 Å². The summed E-state index contributed by atoms with van der Waals surface area (Å²) in [6.45, 7) is 0.0288. The number of nitrogens with two attached hydrogens (primary N) is 2. The number of nitrogens with one attached hydrogen (secondary N) is 2. The van der Waals surface area contributed by atoms with Crippen molar-refractivity contribution in [2.45, 2.75) is 69.1 Å². The Morgan fingerprint density at radius 2 is 1.72 bits per heavy atom. The Kier molecular flexibility index (Phi) is 11.6. The summed E-state index contributed by atoms with van der Waals surface area (Å²) in [5, 5.41) is 32.2. The molecule has 0 radical (unpaired) electrons. The molecule has 1 fully saturated rings. The number of aliphatic hydroxyl groups is 1. The van der Waals surface area contributed by atoms with E-state index in [2.05, 4.69) is 10.6 Å². The maximum Gasteiger partial charge on any atom is 0.326 e. The number of unbranched alkanes of at least 4 members (excludes halogenated alkanes) is 1. The van der Waals surface area contributed by atoms with Gasteiger partial charge in [-0.2, -0.15) is 0 Å². The minimum Gasteiger partial charge on any atom is -0.481 e. The Labute approximate surface area is 185 Å². The lowest BCUT2D eigenvalue weighted by molar-refractivity contribution is -0.144. The van der Waals surface area contributed by atoms with Gasteiger partial charge in [0.05, 0.1) is 6.61 Å². The molecule has 1 aliphatic rings. The second-order valence-electron chi connectivity index (χ2n) is 7.66. The van der Waals surface area contributed by atoms with Gasteiger partial charge in [-0.1, -0.05) is 0 Å². The van der Waals surface area contributed by atoms with Crippen LogP contribution in [-0.4, -0.2) is 93.7 Å². The van der Waals surface area contributed by atoms with Gasteiger partial charge in [-0.15, -0.1) is 0 Å². The van der Waals surface area contributed by atoms with Crippen LogP contribution in [0.2, 0.25) is 0 Å². The average molecular weight is 460 g/mol. The molecule has 0 bridgehead atoms. The molecule has 182 valence electrons. The molecule has 13 heteroatoms. The Morgan fingerprint density at radius 1 is 1.03 bits per heavy atom. The van der Waals surface area contributed by atoms with E-state index in [1.165, 1.54) is 4.90 Å². The number of hydrogen-bond donors (Lipinski definition) is 7. The fourth-order valence-corrected chi connectivity index (χ4v) is 3.42. The molecule has 4 atom stereocenters. The van der Waals surface area contributed by atoms with Crippen molar-refractivity contribution in [1.82, 2.24) is 15.5 Å². The highest BCUT2D eigenvalue weighted by Gasteiger charge is 2.37. The Bertz CT molecular complexity index is 689. The lowest BCUT2D eigenvalue weighted by Gasteiger charge is -2.28. The minimum absolute atomic E-state index is 0.127. The molecule has 0 saturated carbocycles. The zero-order valence-electron chi connectivity index (χ0n) is 17.9. The van der Waals surface area contributed by atoms with Gasteiger partial charge in [0.15, 0.2) is 0 Å². The summed E-state index contributed by atoms with van der Waals surface area (Å²) < 4.78 is 0. The predicted molar refractivity (Wildman–Crippen MR) is 111 cm³/mol.